The van der Waals surface area contributed by atoms with E-state index in [9.17, 15) is 0 Å². The lowest BCUT2D eigenvalue weighted by atomic mass is 10.0. The van der Waals surface area contributed by atoms with Crippen LogP contribution in [0.3, 0.4) is 0 Å². The van der Waals surface area contributed by atoms with Crippen molar-refractivity contribution >= 4 is 33.2 Å². The first-order valence-corrected chi connectivity index (χ1v) is 6.10. The molecule has 0 atom stereocenters. The Hall–Kier alpha value is -2.22. The van der Waals surface area contributed by atoms with E-state index in [0.717, 1.165) is 45.2 Å². The highest BCUT2D eigenvalue weighted by Gasteiger charge is 2.14. The maximum absolute atomic E-state index is 6.09. The fourth-order valence-electron chi connectivity index (χ4n) is 2.32. The molecule has 2 heteroatoms. The molecule has 1 heterocycles. The molecule has 0 aliphatic heterocycles. The van der Waals surface area contributed by atoms with E-state index in [0.29, 0.717) is 0 Å². The summed E-state index contributed by atoms with van der Waals surface area (Å²) < 4.78 is 5.95. The van der Waals surface area contributed by atoms with Gasteiger partial charge in [0, 0.05) is 16.6 Å². The molecule has 3 aromatic rings. The van der Waals surface area contributed by atoms with Crippen molar-refractivity contribution in [3.05, 3.63) is 48.5 Å². The second kappa shape index (κ2) is 3.91. The molecule has 0 saturated carbocycles. The largest absolute Gasteiger partial charge is 0.455 e. The van der Waals surface area contributed by atoms with Crippen LogP contribution in [0.15, 0.2) is 47.4 Å². The summed E-state index contributed by atoms with van der Waals surface area (Å²) in [5, 5.41) is 2.06. The van der Waals surface area contributed by atoms with Gasteiger partial charge in [-0.25, -0.2) is 0 Å². The van der Waals surface area contributed by atoms with Gasteiger partial charge in [-0.1, -0.05) is 31.7 Å². The third kappa shape index (κ3) is 1.42. The molecule has 1 aromatic heterocycles. The molecular formula is C16H15NO. The second-order valence-electron chi connectivity index (χ2n) is 4.46. The lowest BCUT2D eigenvalue weighted by Crippen LogP contribution is -1.88. The maximum Gasteiger partial charge on any atom is 0.144 e. The highest BCUT2D eigenvalue weighted by Crippen LogP contribution is 2.37. The van der Waals surface area contributed by atoms with Crippen molar-refractivity contribution < 1.29 is 4.42 Å². The lowest BCUT2D eigenvalue weighted by Gasteiger charge is -2.05. The number of nitrogens with two attached hydrogens (primary N) is 1. The molecule has 0 unspecified atom stereocenters. The minimum Gasteiger partial charge on any atom is -0.455 e. The molecule has 18 heavy (non-hydrogen) atoms. The van der Waals surface area contributed by atoms with Gasteiger partial charge in [0.1, 0.15) is 11.2 Å². The number of hydrogen-bond acceptors (Lipinski definition) is 2. The van der Waals surface area contributed by atoms with Crippen molar-refractivity contribution in [3.8, 4) is 0 Å². The topological polar surface area (TPSA) is 39.2 Å². The second-order valence-corrected chi connectivity index (χ2v) is 4.46. The molecule has 0 aliphatic rings. The van der Waals surface area contributed by atoms with Crippen molar-refractivity contribution in [2.45, 2.75) is 13.3 Å². The molecule has 2 nitrogen and oxygen atoms in total. The summed E-state index contributed by atoms with van der Waals surface area (Å²) in [5.41, 5.74) is 10.7. The van der Waals surface area contributed by atoms with E-state index in [1.54, 1.807) is 0 Å². The molecule has 0 bridgehead atoms. The summed E-state index contributed by atoms with van der Waals surface area (Å²) >= 11 is 0. The van der Waals surface area contributed by atoms with Crippen LogP contribution in [0.4, 0.5) is 5.69 Å². The average Bonchev–Trinajstić information content (AvgIpc) is 2.78. The van der Waals surface area contributed by atoms with Crippen LogP contribution in [-0.2, 0) is 0 Å². The highest BCUT2D eigenvalue weighted by molar-refractivity contribution is 6.13. The van der Waals surface area contributed by atoms with Crippen molar-refractivity contribution in [2.24, 2.45) is 0 Å². The predicted octanol–water partition coefficient (Wildman–Crippen LogP) is 4.59. The van der Waals surface area contributed by atoms with Crippen molar-refractivity contribution in [1.82, 2.24) is 0 Å². The summed E-state index contributed by atoms with van der Waals surface area (Å²) in [6.07, 6.45) is 0.899. The molecule has 0 saturated heterocycles. The number of fused-ring (bicyclic) bond motifs is 3. The third-order valence-electron chi connectivity index (χ3n) is 3.37. The van der Waals surface area contributed by atoms with E-state index in [-0.39, 0.29) is 0 Å². The predicted molar refractivity (Wildman–Crippen MR) is 77.5 cm³/mol. The number of furan rings is 1. The van der Waals surface area contributed by atoms with Gasteiger partial charge in [0.15, 0.2) is 0 Å². The van der Waals surface area contributed by atoms with Crippen LogP contribution in [0.2, 0.25) is 0 Å². The molecule has 2 aromatic carbocycles. The van der Waals surface area contributed by atoms with E-state index < -0.39 is 0 Å². The SMILES string of the molecule is C=C(CC)c1ccc(N)c2c1oc1ccccc12. The van der Waals surface area contributed by atoms with Crippen LogP contribution >= 0.6 is 0 Å². The summed E-state index contributed by atoms with van der Waals surface area (Å²) in [4.78, 5) is 0. The monoisotopic (exact) mass is 237 g/mol. The molecule has 0 fully saturated rings. The summed E-state index contributed by atoms with van der Waals surface area (Å²) in [6, 6.07) is 11.9. The number of nitrogen functional groups attached to an aromatic ring is 1. The van der Waals surface area contributed by atoms with Gasteiger partial charge in [-0.3, -0.25) is 0 Å². The van der Waals surface area contributed by atoms with Crippen molar-refractivity contribution in [2.75, 3.05) is 5.73 Å². The van der Waals surface area contributed by atoms with Crippen LogP contribution in [0, 0.1) is 0 Å². The normalized spacial score (nSPS) is 11.2. The van der Waals surface area contributed by atoms with Crippen LogP contribution in [-0.4, -0.2) is 0 Å². The molecule has 0 aliphatic carbocycles. The highest BCUT2D eigenvalue weighted by atomic mass is 16.3. The van der Waals surface area contributed by atoms with E-state index in [2.05, 4.69) is 13.5 Å². The number of benzene rings is 2. The Kier molecular flexibility index (Phi) is 2.37. The zero-order valence-corrected chi connectivity index (χ0v) is 10.4. The Morgan fingerprint density at radius 1 is 1.22 bits per heavy atom. The molecular weight excluding hydrogens is 222 g/mol. The van der Waals surface area contributed by atoms with Gasteiger partial charge in [0.2, 0.25) is 0 Å². The van der Waals surface area contributed by atoms with Gasteiger partial charge < -0.3 is 10.2 Å². The first kappa shape index (κ1) is 10.9. The third-order valence-corrected chi connectivity index (χ3v) is 3.37. The smallest absolute Gasteiger partial charge is 0.144 e. The molecule has 0 amide bonds. The number of anilines is 1. The van der Waals surface area contributed by atoms with Crippen LogP contribution in [0.5, 0.6) is 0 Å². The summed E-state index contributed by atoms with van der Waals surface area (Å²) in [7, 11) is 0. The Labute approximate surface area is 106 Å². The fourth-order valence-corrected chi connectivity index (χ4v) is 2.32. The van der Waals surface area contributed by atoms with Gasteiger partial charge in [-0.15, -0.1) is 0 Å². The van der Waals surface area contributed by atoms with E-state index >= 15 is 0 Å². The zero-order valence-electron chi connectivity index (χ0n) is 10.4. The standard InChI is InChI=1S/C16H15NO/c1-3-10(2)11-8-9-13(17)15-12-6-4-5-7-14(12)18-16(11)15/h4-9H,2-3,17H2,1H3. The number of allylic oxidation sites excluding steroid dienone is 1. The lowest BCUT2D eigenvalue weighted by molar-refractivity contribution is 0.667. The van der Waals surface area contributed by atoms with Crippen LogP contribution in [0.25, 0.3) is 27.5 Å². The average molecular weight is 237 g/mol. The van der Waals surface area contributed by atoms with Gasteiger partial charge in [-0.05, 0) is 30.2 Å². The fraction of sp³-hybridized carbons (Fsp3) is 0.125. The Balaban J connectivity index is 2.49. The number of rotatable bonds is 2. The van der Waals surface area contributed by atoms with E-state index in [4.69, 9.17) is 10.2 Å². The molecule has 0 radical (unpaired) electrons. The number of para-hydroxylation sites is 1. The molecule has 3 rings (SSSR count). The van der Waals surface area contributed by atoms with Gasteiger partial charge in [0.05, 0.1) is 5.39 Å². The van der Waals surface area contributed by atoms with Gasteiger partial charge in [0.25, 0.3) is 0 Å². The molecule has 90 valence electrons. The summed E-state index contributed by atoms with van der Waals surface area (Å²) in [5.74, 6) is 0. The van der Waals surface area contributed by atoms with E-state index in [1.807, 2.05) is 36.4 Å². The van der Waals surface area contributed by atoms with Gasteiger partial charge >= 0.3 is 0 Å². The molecule has 0 spiro atoms. The maximum atomic E-state index is 6.09. The van der Waals surface area contributed by atoms with Gasteiger partial charge in [-0.2, -0.15) is 0 Å². The first-order chi connectivity index (χ1) is 8.72. The number of hydrogen-bond donors (Lipinski definition) is 1. The van der Waals surface area contributed by atoms with Crippen molar-refractivity contribution in [1.29, 1.82) is 0 Å². The van der Waals surface area contributed by atoms with Crippen LogP contribution < -0.4 is 5.73 Å². The Morgan fingerprint density at radius 2 is 2.00 bits per heavy atom. The van der Waals surface area contributed by atoms with Crippen molar-refractivity contribution in [3.63, 3.8) is 0 Å². The first-order valence-electron chi connectivity index (χ1n) is 6.10. The Bertz CT molecular complexity index is 752. The Morgan fingerprint density at radius 3 is 2.78 bits per heavy atom. The van der Waals surface area contributed by atoms with Crippen LogP contribution in [0.1, 0.15) is 18.9 Å². The van der Waals surface area contributed by atoms with E-state index in [1.165, 1.54) is 0 Å². The zero-order chi connectivity index (χ0) is 12.7. The quantitative estimate of drug-likeness (QED) is 0.662. The minimum absolute atomic E-state index is 0.752. The molecule has 2 N–H and O–H groups in total. The minimum atomic E-state index is 0.752. The summed E-state index contributed by atoms with van der Waals surface area (Å²) in [6.45, 7) is 6.18.